The monoisotopic (exact) mass is 336 g/mol. The Bertz CT molecular complexity index is 722. The van der Waals surface area contributed by atoms with Crippen molar-refractivity contribution in [3.05, 3.63) is 70.3 Å². The molecule has 0 unspecified atom stereocenters. The van der Waals surface area contributed by atoms with Crippen molar-refractivity contribution in [1.29, 1.82) is 0 Å². The molecule has 2 aromatic rings. The molecule has 1 nitrogen and oxygen atoms in total. The van der Waals surface area contributed by atoms with E-state index in [9.17, 15) is 35.5 Å². The minimum absolute atomic E-state index is 0.00739. The summed E-state index contributed by atoms with van der Waals surface area (Å²) >= 11 is 0. The Morgan fingerprint density at radius 1 is 0.826 bits per heavy atom. The average molecular weight is 336 g/mol. The first kappa shape index (κ1) is 17.0. The quantitative estimate of drug-likeness (QED) is 0.452. The molecule has 0 radical (unpaired) electrons. The molecule has 0 saturated carbocycles. The maximum absolute atomic E-state index is 13.7. The Hall–Kier alpha value is -2.38. The number of rotatable bonds is 3. The number of benzene rings is 2. The smallest absolute Gasteiger partial charge is 0.294 e. The Morgan fingerprint density at radius 2 is 1.30 bits per heavy atom. The second-order valence-corrected chi connectivity index (χ2v) is 4.57. The van der Waals surface area contributed by atoms with Crippen LogP contribution >= 0.6 is 0 Å². The van der Waals surface area contributed by atoms with Crippen molar-refractivity contribution in [3.63, 3.8) is 0 Å². The van der Waals surface area contributed by atoms with Crippen molar-refractivity contribution in [2.75, 3.05) is 0 Å². The first-order valence-electron chi connectivity index (χ1n) is 6.14. The number of alkyl halides is 3. The predicted molar refractivity (Wildman–Crippen MR) is 65.8 cm³/mol. The molecule has 122 valence electrons. The average Bonchev–Trinajstić information content (AvgIpc) is 2.49. The molecule has 0 heterocycles. The van der Waals surface area contributed by atoms with Crippen molar-refractivity contribution in [2.45, 2.75) is 12.6 Å². The van der Waals surface area contributed by atoms with Crippen LogP contribution in [0, 0.1) is 23.3 Å². The number of hydrogen-bond acceptors (Lipinski definition) is 1. The van der Waals surface area contributed by atoms with Gasteiger partial charge in [0.2, 0.25) is 0 Å². The summed E-state index contributed by atoms with van der Waals surface area (Å²) < 4.78 is 91.6. The summed E-state index contributed by atoms with van der Waals surface area (Å²) in [4.78, 5) is 11.8. The molecule has 23 heavy (non-hydrogen) atoms. The molecular formula is C15H7F7O. The van der Waals surface area contributed by atoms with Gasteiger partial charge in [-0.15, -0.1) is 0 Å². The summed E-state index contributed by atoms with van der Waals surface area (Å²) in [6.45, 7) is 0. The van der Waals surface area contributed by atoms with Gasteiger partial charge in [-0.2, -0.15) is 13.2 Å². The van der Waals surface area contributed by atoms with Gasteiger partial charge in [-0.3, -0.25) is 4.79 Å². The Kier molecular flexibility index (Phi) is 4.44. The van der Waals surface area contributed by atoms with Gasteiger partial charge in [-0.05, 0) is 0 Å². The third-order valence-electron chi connectivity index (χ3n) is 3.07. The highest BCUT2D eigenvalue weighted by Crippen LogP contribution is 2.37. The highest BCUT2D eigenvalue weighted by Gasteiger charge is 2.42. The molecule has 8 heteroatoms. The van der Waals surface area contributed by atoms with Gasteiger partial charge in [0.1, 0.15) is 5.56 Å². The minimum atomic E-state index is -5.61. The first-order chi connectivity index (χ1) is 10.6. The molecule has 0 saturated heterocycles. The molecule has 0 amide bonds. The molecule has 0 bridgehead atoms. The highest BCUT2D eigenvalue weighted by atomic mass is 19.4. The molecule has 0 fully saturated rings. The van der Waals surface area contributed by atoms with E-state index in [2.05, 4.69) is 0 Å². The molecule has 0 aliphatic rings. The maximum atomic E-state index is 13.7. The van der Waals surface area contributed by atoms with Crippen molar-refractivity contribution >= 4 is 5.78 Å². The molecule has 0 atom stereocenters. The molecule has 2 aromatic carbocycles. The molecule has 0 aliphatic heterocycles. The third-order valence-corrected chi connectivity index (χ3v) is 3.07. The van der Waals surface area contributed by atoms with E-state index in [-0.39, 0.29) is 5.56 Å². The van der Waals surface area contributed by atoms with Crippen LogP contribution in [0.15, 0.2) is 30.3 Å². The van der Waals surface area contributed by atoms with Gasteiger partial charge in [-0.25, -0.2) is 17.6 Å². The lowest BCUT2D eigenvalue weighted by Gasteiger charge is -2.13. The van der Waals surface area contributed by atoms with Crippen molar-refractivity contribution in [2.24, 2.45) is 0 Å². The summed E-state index contributed by atoms with van der Waals surface area (Å²) in [5.74, 6) is -10.5. The number of ketones is 1. The van der Waals surface area contributed by atoms with Crippen LogP contribution in [0.2, 0.25) is 0 Å². The second kappa shape index (κ2) is 6.02. The van der Waals surface area contributed by atoms with Crippen LogP contribution in [-0.2, 0) is 12.6 Å². The van der Waals surface area contributed by atoms with Crippen molar-refractivity contribution in [1.82, 2.24) is 0 Å². The summed E-state index contributed by atoms with van der Waals surface area (Å²) in [6, 6.07) is 7.00. The van der Waals surface area contributed by atoms with Crippen LogP contribution in [0.3, 0.4) is 0 Å². The SMILES string of the molecule is O=C(Cc1c(F)c(F)c(C(F)(F)F)c(F)c1F)c1ccccc1. The van der Waals surface area contributed by atoms with Crippen molar-refractivity contribution in [3.8, 4) is 0 Å². The summed E-state index contributed by atoms with van der Waals surface area (Å²) in [6.07, 6.45) is -6.73. The van der Waals surface area contributed by atoms with Gasteiger partial charge in [0, 0.05) is 17.5 Å². The van der Waals surface area contributed by atoms with Gasteiger partial charge in [0.25, 0.3) is 0 Å². The zero-order valence-electron chi connectivity index (χ0n) is 11.1. The first-order valence-corrected chi connectivity index (χ1v) is 6.14. The minimum Gasteiger partial charge on any atom is -0.294 e. The van der Waals surface area contributed by atoms with Gasteiger partial charge < -0.3 is 0 Å². The Morgan fingerprint density at radius 3 is 1.74 bits per heavy atom. The summed E-state index contributed by atoms with van der Waals surface area (Å²) in [7, 11) is 0. The number of halogens is 7. The highest BCUT2D eigenvalue weighted by molar-refractivity contribution is 5.97. The number of hydrogen-bond donors (Lipinski definition) is 0. The maximum Gasteiger partial charge on any atom is 0.422 e. The third kappa shape index (κ3) is 3.20. The van der Waals surface area contributed by atoms with Gasteiger partial charge in [0.05, 0.1) is 0 Å². The normalized spacial score (nSPS) is 11.6. The molecule has 0 aliphatic carbocycles. The zero-order chi connectivity index (χ0) is 17.4. The standard InChI is InChI=1S/C15H7F7O/c16-11-8(6-9(23)7-4-2-1-3-5-7)12(17)14(19)10(13(11)18)15(20,21)22/h1-5H,6H2. The van der Waals surface area contributed by atoms with Gasteiger partial charge in [0.15, 0.2) is 29.1 Å². The topological polar surface area (TPSA) is 17.1 Å². The number of Topliss-reactive ketones (excluding diaryl/α,β-unsaturated/α-hetero) is 1. The predicted octanol–water partition coefficient (Wildman–Crippen LogP) is 4.69. The van der Waals surface area contributed by atoms with Crippen LogP contribution in [0.4, 0.5) is 30.7 Å². The molecule has 0 N–H and O–H groups in total. The van der Waals surface area contributed by atoms with Crippen LogP contribution < -0.4 is 0 Å². The summed E-state index contributed by atoms with van der Waals surface area (Å²) in [5, 5.41) is 0. The van der Waals surface area contributed by atoms with Crippen LogP contribution in [0.1, 0.15) is 21.5 Å². The van der Waals surface area contributed by atoms with E-state index in [1.807, 2.05) is 0 Å². The van der Waals surface area contributed by atoms with Gasteiger partial charge in [-0.1, -0.05) is 30.3 Å². The van der Waals surface area contributed by atoms with Crippen LogP contribution in [0.5, 0.6) is 0 Å². The van der Waals surface area contributed by atoms with E-state index in [1.165, 1.54) is 24.3 Å². The van der Waals surface area contributed by atoms with Crippen LogP contribution in [0.25, 0.3) is 0 Å². The van der Waals surface area contributed by atoms with E-state index in [1.54, 1.807) is 6.07 Å². The van der Waals surface area contributed by atoms with E-state index < -0.39 is 52.8 Å². The number of carbonyl (C=O) groups is 1. The fourth-order valence-electron chi connectivity index (χ4n) is 1.97. The van der Waals surface area contributed by atoms with E-state index in [4.69, 9.17) is 0 Å². The Labute approximate surface area is 125 Å². The lowest BCUT2D eigenvalue weighted by Crippen LogP contribution is -2.18. The fourth-order valence-corrected chi connectivity index (χ4v) is 1.97. The molecule has 2 rings (SSSR count). The van der Waals surface area contributed by atoms with Crippen molar-refractivity contribution < 1.29 is 35.5 Å². The zero-order valence-corrected chi connectivity index (χ0v) is 11.1. The Balaban J connectivity index is 2.51. The molecule has 0 aromatic heterocycles. The van der Waals surface area contributed by atoms with E-state index in [0.717, 1.165) is 0 Å². The van der Waals surface area contributed by atoms with E-state index in [0.29, 0.717) is 0 Å². The van der Waals surface area contributed by atoms with Gasteiger partial charge >= 0.3 is 6.18 Å². The summed E-state index contributed by atoms with van der Waals surface area (Å²) in [5.41, 5.74) is -4.06. The lowest BCUT2D eigenvalue weighted by atomic mass is 9.99. The fraction of sp³-hybridized carbons (Fsp3) is 0.133. The lowest BCUT2D eigenvalue weighted by molar-refractivity contribution is -0.143. The molecular weight excluding hydrogens is 329 g/mol. The largest absolute Gasteiger partial charge is 0.422 e. The van der Waals surface area contributed by atoms with Crippen LogP contribution in [-0.4, -0.2) is 5.78 Å². The number of carbonyl (C=O) groups excluding carboxylic acids is 1. The molecule has 0 spiro atoms. The second-order valence-electron chi connectivity index (χ2n) is 4.57. The van der Waals surface area contributed by atoms with E-state index >= 15 is 0 Å².